The number of hydrogen-bond donors (Lipinski definition) is 0. The number of ether oxygens (including phenoxy) is 1. The summed E-state index contributed by atoms with van der Waals surface area (Å²) in [7, 11) is 0. The highest BCUT2D eigenvalue weighted by atomic mass is 35.5. The van der Waals surface area contributed by atoms with Gasteiger partial charge in [-0.05, 0) is 18.2 Å². The zero-order valence-electron chi connectivity index (χ0n) is 6.59. The molecule has 0 bridgehead atoms. The highest BCUT2D eigenvalue weighted by molar-refractivity contribution is 6.54. The predicted molar refractivity (Wildman–Crippen MR) is 51.3 cm³/mol. The Balaban J connectivity index is 2.63. The van der Waals surface area contributed by atoms with E-state index in [2.05, 4.69) is 4.74 Å². The first-order valence-corrected chi connectivity index (χ1v) is 4.76. The first-order chi connectivity index (χ1) is 6.40. The summed E-state index contributed by atoms with van der Waals surface area (Å²) in [5.41, 5.74) is 0. The largest absolute Gasteiger partial charge is 0.390 e. The molecule has 14 heavy (non-hydrogen) atoms. The van der Waals surface area contributed by atoms with Crippen LogP contribution in [0.1, 0.15) is 0 Å². The van der Waals surface area contributed by atoms with Crippen molar-refractivity contribution in [1.82, 2.24) is 0 Å². The molecule has 0 aromatic carbocycles. The second-order valence-electron chi connectivity index (χ2n) is 2.96. The van der Waals surface area contributed by atoms with E-state index in [1.54, 1.807) is 0 Å². The first-order valence-electron chi connectivity index (χ1n) is 3.62. The summed E-state index contributed by atoms with van der Waals surface area (Å²) in [5.74, 6) is -1.78. The second-order valence-corrected chi connectivity index (χ2v) is 4.59. The molecule has 0 aromatic heterocycles. The quantitative estimate of drug-likeness (QED) is 0.375. The minimum Gasteiger partial charge on any atom is -0.390 e. The molecule has 0 radical (unpaired) electrons. The second kappa shape index (κ2) is 2.75. The van der Waals surface area contributed by atoms with E-state index in [4.69, 9.17) is 34.8 Å². The number of carbonyl (C=O) groups excluding carboxylic acids is 2. The molecule has 0 saturated carbocycles. The standard InChI is InChI=1S/C8H3Cl3O3/c9-4-1-2-7(10)5(12)14-6(13)8(7,11)3-4/h1-3H. The van der Waals surface area contributed by atoms with Crippen molar-refractivity contribution in [2.24, 2.45) is 0 Å². The van der Waals surface area contributed by atoms with Crippen LogP contribution in [-0.4, -0.2) is 21.7 Å². The minimum atomic E-state index is -1.72. The average Bonchev–Trinajstić information content (AvgIpc) is 2.26. The monoisotopic (exact) mass is 252 g/mol. The van der Waals surface area contributed by atoms with Gasteiger partial charge in [-0.2, -0.15) is 0 Å². The Kier molecular flexibility index (Phi) is 1.97. The zero-order valence-corrected chi connectivity index (χ0v) is 8.86. The number of hydrogen-bond acceptors (Lipinski definition) is 3. The molecule has 3 nitrogen and oxygen atoms in total. The van der Waals surface area contributed by atoms with E-state index in [1.807, 2.05) is 0 Å². The summed E-state index contributed by atoms with van der Waals surface area (Å²) >= 11 is 17.5. The molecule has 0 aromatic rings. The Labute approximate surface area is 94.2 Å². The summed E-state index contributed by atoms with van der Waals surface area (Å²) in [4.78, 5) is 19.2. The van der Waals surface area contributed by atoms with E-state index < -0.39 is 21.7 Å². The summed E-state index contributed by atoms with van der Waals surface area (Å²) in [6.45, 7) is 0. The third kappa shape index (κ3) is 1.00. The van der Waals surface area contributed by atoms with Gasteiger partial charge < -0.3 is 4.74 Å². The molecule has 2 aliphatic rings. The van der Waals surface area contributed by atoms with E-state index in [9.17, 15) is 9.59 Å². The lowest BCUT2D eigenvalue weighted by molar-refractivity contribution is -0.152. The fraction of sp³-hybridized carbons (Fsp3) is 0.250. The molecule has 2 atom stereocenters. The van der Waals surface area contributed by atoms with Gasteiger partial charge in [-0.1, -0.05) is 34.8 Å². The summed E-state index contributed by atoms with van der Waals surface area (Å²) in [5, 5.41) is 0.239. The van der Waals surface area contributed by atoms with Crippen LogP contribution in [0.3, 0.4) is 0 Å². The van der Waals surface area contributed by atoms with Crippen LogP contribution >= 0.6 is 34.8 Å². The lowest BCUT2D eigenvalue weighted by Crippen LogP contribution is -2.47. The van der Waals surface area contributed by atoms with Crippen molar-refractivity contribution in [3.05, 3.63) is 23.3 Å². The predicted octanol–water partition coefficient (Wildman–Crippen LogP) is 1.72. The third-order valence-electron chi connectivity index (χ3n) is 2.12. The molecule has 2 unspecified atom stereocenters. The molecule has 0 amide bonds. The van der Waals surface area contributed by atoms with Crippen LogP contribution in [0.15, 0.2) is 23.3 Å². The molecule has 2 rings (SSSR count). The fourth-order valence-corrected chi connectivity index (χ4v) is 2.13. The van der Waals surface area contributed by atoms with Crippen LogP contribution in [0.4, 0.5) is 0 Å². The van der Waals surface area contributed by atoms with Gasteiger partial charge in [0.25, 0.3) is 0 Å². The Bertz CT molecular complexity index is 401. The van der Waals surface area contributed by atoms with Crippen LogP contribution in [0.2, 0.25) is 0 Å². The Morgan fingerprint density at radius 3 is 2.36 bits per heavy atom. The van der Waals surface area contributed by atoms with E-state index in [0.29, 0.717) is 0 Å². The zero-order chi connectivity index (χ0) is 10.6. The van der Waals surface area contributed by atoms with Gasteiger partial charge in [0.2, 0.25) is 0 Å². The number of cyclic esters (lactones) is 2. The van der Waals surface area contributed by atoms with Gasteiger partial charge in [-0.25, -0.2) is 9.59 Å². The molecule has 1 saturated heterocycles. The lowest BCUT2D eigenvalue weighted by atomic mass is 9.89. The van der Waals surface area contributed by atoms with Crippen molar-refractivity contribution in [3.63, 3.8) is 0 Å². The highest BCUT2D eigenvalue weighted by Gasteiger charge is 2.66. The number of allylic oxidation sites excluding steroid dienone is 2. The molecule has 74 valence electrons. The number of esters is 2. The molecule has 1 heterocycles. The molecule has 1 fully saturated rings. The van der Waals surface area contributed by atoms with Crippen LogP contribution in [0.5, 0.6) is 0 Å². The summed E-state index contributed by atoms with van der Waals surface area (Å²) < 4.78 is 4.37. The van der Waals surface area contributed by atoms with Gasteiger partial charge in [-0.15, -0.1) is 0 Å². The van der Waals surface area contributed by atoms with Crippen molar-refractivity contribution in [2.45, 2.75) is 9.75 Å². The van der Waals surface area contributed by atoms with Gasteiger partial charge in [0.1, 0.15) is 0 Å². The number of fused-ring (bicyclic) bond motifs is 1. The van der Waals surface area contributed by atoms with Crippen molar-refractivity contribution in [1.29, 1.82) is 0 Å². The summed E-state index contributed by atoms with van der Waals surface area (Å²) in [6.07, 6.45) is 3.86. The van der Waals surface area contributed by atoms with E-state index in [-0.39, 0.29) is 5.03 Å². The Hall–Kier alpha value is -0.510. The van der Waals surface area contributed by atoms with Gasteiger partial charge in [-0.3, -0.25) is 0 Å². The molecule has 6 heteroatoms. The maximum atomic E-state index is 11.3. The molecular weight excluding hydrogens is 250 g/mol. The number of rotatable bonds is 0. The molecule has 1 aliphatic heterocycles. The van der Waals surface area contributed by atoms with E-state index in [1.165, 1.54) is 18.2 Å². The van der Waals surface area contributed by atoms with Crippen LogP contribution < -0.4 is 0 Å². The van der Waals surface area contributed by atoms with Crippen LogP contribution in [-0.2, 0) is 14.3 Å². The highest BCUT2D eigenvalue weighted by Crippen LogP contribution is 2.48. The maximum absolute atomic E-state index is 11.3. The van der Waals surface area contributed by atoms with E-state index >= 15 is 0 Å². The van der Waals surface area contributed by atoms with Crippen molar-refractivity contribution in [3.8, 4) is 0 Å². The van der Waals surface area contributed by atoms with Crippen LogP contribution in [0, 0.1) is 0 Å². The van der Waals surface area contributed by atoms with Crippen molar-refractivity contribution in [2.75, 3.05) is 0 Å². The first kappa shape index (κ1) is 10.0. The SMILES string of the molecule is O=C1OC(=O)C2(Cl)C=C(Cl)C=CC12Cl. The number of halogens is 3. The average molecular weight is 253 g/mol. The van der Waals surface area contributed by atoms with Gasteiger partial charge in [0.05, 0.1) is 0 Å². The Morgan fingerprint density at radius 2 is 1.71 bits per heavy atom. The Morgan fingerprint density at radius 1 is 1.14 bits per heavy atom. The summed E-state index contributed by atoms with van der Waals surface area (Å²) in [6, 6.07) is 0. The van der Waals surface area contributed by atoms with Crippen molar-refractivity contribution < 1.29 is 14.3 Å². The third-order valence-corrected chi connectivity index (χ3v) is 3.59. The number of alkyl halides is 2. The smallest absolute Gasteiger partial charge is 0.341 e. The normalized spacial score (nSPS) is 40.6. The van der Waals surface area contributed by atoms with Gasteiger partial charge in [0, 0.05) is 5.03 Å². The molecule has 1 aliphatic carbocycles. The topological polar surface area (TPSA) is 43.4 Å². The van der Waals surface area contributed by atoms with Crippen molar-refractivity contribution >= 4 is 46.7 Å². The van der Waals surface area contributed by atoms with E-state index in [0.717, 1.165) is 0 Å². The lowest BCUT2D eigenvalue weighted by Gasteiger charge is -2.26. The van der Waals surface area contributed by atoms with Gasteiger partial charge in [0.15, 0.2) is 9.75 Å². The molecule has 0 N–H and O–H groups in total. The van der Waals surface area contributed by atoms with Crippen LogP contribution in [0.25, 0.3) is 0 Å². The minimum absolute atomic E-state index is 0.239. The molecular formula is C8H3Cl3O3. The number of carbonyl (C=O) groups is 2. The molecule has 0 spiro atoms. The maximum Gasteiger partial charge on any atom is 0.341 e. The van der Waals surface area contributed by atoms with Gasteiger partial charge >= 0.3 is 11.9 Å². The fourth-order valence-electron chi connectivity index (χ4n) is 1.32.